The number of rotatable bonds is 6. The second-order valence-electron chi connectivity index (χ2n) is 10.3. The van der Waals surface area contributed by atoms with E-state index in [4.69, 9.17) is 23.7 Å². The molecule has 34 heavy (non-hydrogen) atoms. The van der Waals surface area contributed by atoms with Gasteiger partial charge >= 0.3 is 12.1 Å². The van der Waals surface area contributed by atoms with Gasteiger partial charge < -0.3 is 44.3 Å². The number of amides is 2. The Hall–Kier alpha value is -2.41. The molecule has 0 aromatic carbocycles. The van der Waals surface area contributed by atoms with Gasteiger partial charge in [-0.05, 0) is 40.5 Å². The SMILES string of the molecule is CC(C)[C@H](NC(=O)OC(C)(C)C)C(=O)OC[C@H]1O[C@@H](N2C=CC(=O)NC2O)[C@@H]2OC(C)(C)O[C@@H]21. The standard InChI is InChI=1S/C22H35N3O9/c1-11(2)14(24-20(29)34-21(3,4)5)18(27)30-10-12-15-16(33-22(6,7)32-15)17(31-12)25-9-8-13(26)23-19(25)28/h8-9,11-12,14-17,19,28H,10H2,1-7H3,(H,23,26)(H,24,29)/t12-,14+,15-,16-,17-,19?/m1/s1. The third kappa shape index (κ3) is 6.17. The lowest BCUT2D eigenvalue weighted by atomic mass is 10.1. The van der Waals surface area contributed by atoms with Crippen LogP contribution in [0.5, 0.6) is 0 Å². The van der Waals surface area contributed by atoms with Gasteiger partial charge in [-0.1, -0.05) is 13.8 Å². The molecule has 0 aromatic rings. The Kier molecular flexibility index (Phi) is 7.46. The number of ether oxygens (including phenoxy) is 5. The maximum absolute atomic E-state index is 12.8. The van der Waals surface area contributed by atoms with E-state index >= 15 is 0 Å². The smallest absolute Gasteiger partial charge is 0.408 e. The number of aliphatic hydroxyl groups excluding tert-OH is 1. The van der Waals surface area contributed by atoms with E-state index in [-0.39, 0.29) is 12.5 Å². The summed E-state index contributed by atoms with van der Waals surface area (Å²) in [4.78, 5) is 37.9. The number of carbonyl (C=O) groups is 3. The maximum Gasteiger partial charge on any atom is 0.408 e. The van der Waals surface area contributed by atoms with Crippen molar-refractivity contribution in [2.24, 2.45) is 5.92 Å². The molecule has 0 radical (unpaired) electrons. The molecule has 3 N–H and O–H groups in total. The molecule has 12 heteroatoms. The minimum atomic E-state index is -1.32. The number of fused-ring (bicyclic) bond motifs is 1. The minimum absolute atomic E-state index is 0.171. The number of esters is 1. The predicted molar refractivity (Wildman–Crippen MR) is 117 cm³/mol. The molecule has 3 rings (SSSR count). The maximum atomic E-state index is 12.8. The Balaban J connectivity index is 1.67. The normalized spacial score (nSPS) is 31.1. The van der Waals surface area contributed by atoms with Crippen LogP contribution in [0.4, 0.5) is 4.79 Å². The number of carbonyl (C=O) groups excluding carboxylic acids is 3. The summed E-state index contributed by atoms with van der Waals surface area (Å²) in [6, 6.07) is -0.929. The van der Waals surface area contributed by atoms with Crippen molar-refractivity contribution < 1.29 is 43.2 Å². The first kappa shape index (κ1) is 26.2. The van der Waals surface area contributed by atoms with Gasteiger partial charge in [-0.25, -0.2) is 9.59 Å². The molecule has 0 saturated carbocycles. The molecule has 2 amide bonds. The van der Waals surface area contributed by atoms with Crippen LogP contribution in [0.3, 0.4) is 0 Å². The summed E-state index contributed by atoms with van der Waals surface area (Å²) in [6.07, 6.45) is -2.10. The van der Waals surface area contributed by atoms with Crippen molar-refractivity contribution in [3.63, 3.8) is 0 Å². The summed E-state index contributed by atoms with van der Waals surface area (Å²) < 4.78 is 28.7. The highest BCUT2D eigenvalue weighted by Crippen LogP contribution is 2.40. The van der Waals surface area contributed by atoms with Gasteiger partial charge in [0, 0.05) is 12.3 Å². The van der Waals surface area contributed by atoms with Gasteiger partial charge in [-0.15, -0.1) is 0 Å². The van der Waals surface area contributed by atoms with Gasteiger partial charge in [0.25, 0.3) is 0 Å². The molecule has 1 unspecified atom stereocenters. The number of hydrogen-bond donors (Lipinski definition) is 3. The van der Waals surface area contributed by atoms with E-state index in [0.29, 0.717) is 0 Å². The van der Waals surface area contributed by atoms with Crippen LogP contribution < -0.4 is 10.6 Å². The molecule has 3 heterocycles. The third-order valence-corrected chi connectivity index (χ3v) is 5.35. The molecule has 2 saturated heterocycles. The summed E-state index contributed by atoms with van der Waals surface area (Å²) in [5.41, 5.74) is -0.712. The highest BCUT2D eigenvalue weighted by molar-refractivity contribution is 5.88. The van der Waals surface area contributed by atoms with Crippen molar-refractivity contribution in [3.05, 3.63) is 12.3 Å². The van der Waals surface area contributed by atoms with Crippen LogP contribution in [0.15, 0.2) is 12.3 Å². The fourth-order valence-corrected chi connectivity index (χ4v) is 3.93. The van der Waals surface area contributed by atoms with E-state index in [2.05, 4.69) is 10.6 Å². The van der Waals surface area contributed by atoms with Crippen molar-refractivity contribution in [1.82, 2.24) is 15.5 Å². The molecule has 6 atom stereocenters. The Morgan fingerprint density at radius 2 is 1.91 bits per heavy atom. The van der Waals surface area contributed by atoms with Crippen LogP contribution in [0.2, 0.25) is 0 Å². The van der Waals surface area contributed by atoms with E-state index in [1.807, 2.05) is 0 Å². The molecule has 0 spiro atoms. The van der Waals surface area contributed by atoms with Crippen molar-refractivity contribution in [3.8, 4) is 0 Å². The predicted octanol–water partition coefficient (Wildman–Crippen LogP) is 0.545. The van der Waals surface area contributed by atoms with E-state index in [1.54, 1.807) is 48.5 Å². The zero-order chi connectivity index (χ0) is 25.4. The number of nitrogens with one attached hydrogen (secondary N) is 2. The molecule has 0 aromatic heterocycles. The van der Waals surface area contributed by atoms with Gasteiger partial charge in [0.15, 0.2) is 12.0 Å². The van der Waals surface area contributed by atoms with Gasteiger partial charge in [0.1, 0.15) is 36.6 Å². The molecule has 12 nitrogen and oxygen atoms in total. The van der Waals surface area contributed by atoms with Crippen LogP contribution in [0.1, 0.15) is 48.5 Å². The van der Waals surface area contributed by atoms with Crippen molar-refractivity contribution >= 4 is 18.0 Å². The lowest BCUT2D eigenvalue weighted by molar-refractivity contribution is -0.220. The first-order chi connectivity index (χ1) is 15.7. The number of hydrogen-bond acceptors (Lipinski definition) is 10. The lowest BCUT2D eigenvalue weighted by Crippen LogP contribution is -2.55. The van der Waals surface area contributed by atoms with Crippen molar-refractivity contribution in [2.75, 3.05) is 6.61 Å². The quantitative estimate of drug-likeness (QED) is 0.456. The molecular weight excluding hydrogens is 450 g/mol. The van der Waals surface area contributed by atoms with Gasteiger partial charge in [-0.3, -0.25) is 4.79 Å². The Bertz CT molecular complexity index is 823. The molecule has 3 aliphatic heterocycles. The van der Waals surface area contributed by atoms with Crippen molar-refractivity contribution in [2.45, 2.75) is 96.8 Å². The average Bonchev–Trinajstić information content (AvgIpc) is 3.16. The number of alkyl carbamates (subject to hydrolysis) is 1. The van der Waals surface area contributed by atoms with E-state index < -0.39 is 66.3 Å². The zero-order valence-electron chi connectivity index (χ0n) is 20.6. The lowest BCUT2D eigenvalue weighted by Gasteiger charge is -2.36. The highest BCUT2D eigenvalue weighted by Gasteiger charge is 2.57. The second kappa shape index (κ2) is 9.68. The minimum Gasteiger partial charge on any atom is -0.461 e. The van der Waals surface area contributed by atoms with Crippen LogP contribution in [0, 0.1) is 5.92 Å². The van der Waals surface area contributed by atoms with Crippen LogP contribution in [0.25, 0.3) is 0 Å². The number of aliphatic hydroxyl groups is 1. The Morgan fingerprint density at radius 3 is 2.50 bits per heavy atom. The molecular formula is C22H35N3O9. The fraction of sp³-hybridized carbons (Fsp3) is 0.773. The monoisotopic (exact) mass is 485 g/mol. The molecule has 3 aliphatic rings. The van der Waals surface area contributed by atoms with Gasteiger partial charge in [0.05, 0.1) is 0 Å². The Morgan fingerprint density at radius 1 is 1.26 bits per heavy atom. The zero-order valence-corrected chi connectivity index (χ0v) is 20.6. The first-order valence-electron chi connectivity index (χ1n) is 11.3. The first-order valence-corrected chi connectivity index (χ1v) is 11.3. The fourth-order valence-electron chi connectivity index (χ4n) is 3.93. The van der Waals surface area contributed by atoms with Crippen LogP contribution in [-0.2, 0) is 33.3 Å². The summed E-state index contributed by atoms with van der Waals surface area (Å²) in [7, 11) is 0. The second-order valence-corrected chi connectivity index (χ2v) is 10.3. The summed E-state index contributed by atoms with van der Waals surface area (Å²) in [5.74, 6) is -2.27. The summed E-state index contributed by atoms with van der Waals surface area (Å²) in [5, 5.41) is 15.2. The third-order valence-electron chi connectivity index (χ3n) is 5.35. The van der Waals surface area contributed by atoms with E-state index in [1.165, 1.54) is 17.2 Å². The van der Waals surface area contributed by atoms with E-state index in [9.17, 15) is 19.5 Å². The molecule has 0 bridgehead atoms. The summed E-state index contributed by atoms with van der Waals surface area (Å²) >= 11 is 0. The molecule has 0 aliphatic carbocycles. The topological polar surface area (TPSA) is 145 Å². The number of nitrogens with zero attached hydrogens (tertiary/aromatic N) is 1. The highest BCUT2D eigenvalue weighted by atomic mass is 16.8. The van der Waals surface area contributed by atoms with E-state index in [0.717, 1.165) is 0 Å². The van der Waals surface area contributed by atoms with Gasteiger partial charge in [0.2, 0.25) is 12.3 Å². The largest absolute Gasteiger partial charge is 0.461 e. The Labute approximate surface area is 198 Å². The molecule has 192 valence electrons. The van der Waals surface area contributed by atoms with Crippen LogP contribution in [-0.4, -0.2) is 82.9 Å². The average molecular weight is 486 g/mol. The van der Waals surface area contributed by atoms with Crippen LogP contribution >= 0.6 is 0 Å². The van der Waals surface area contributed by atoms with Gasteiger partial charge in [-0.2, -0.15) is 0 Å². The molecule has 2 fully saturated rings. The summed E-state index contributed by atoms with van der Waals surface area (Å²) in [6.45, 7) is 12.0. The van der Waals surface area contributed by atoms with Crippen molar-refractivity contribution in [1.29, 1.82) is 0 Å².